The summed E-state index contributed by atoms with van der Waals surface area (Å²) in [4.78, 5) is 0. The molecular formula is C9H15ClS. The van der Waals surface area contributed by atoms with Gasteiger partial charge < -0.3 is 0 Å². The molecule has 64 valence electrons. The van der Waals surface area contributed by atoms with Gasteiger partial charge in [-0.05, 0) is 36.3 Å². The van der Waals surface area contributed by atoms with Crippen molar-refractivity contribution in [1.82, 2.24) is 0 Å². The van der Waals surface area contributed by atoms with Crippen LogP contribution in [0.25, 0.3) is 0 Å². The Labute approximate surface area is 78.1 Å². The Kier molecular flexibility index (Phi) is 2.13. The summed E-state index contributed by atoms with van der Waals surface area (Å²) in [5.41, 5.74) is 0.685. The van der Waals surface area contributed by atoms with Crippen LogP contribution in [0.3, 0.4) is 0 Å². The van der Waals surface area contributed by atoms with E-state index in [0.717, 1.165) is 17.0 Å². The number of hydrogen-bond acceptors (Lipinski definition) is 1. The minimum Gasteiger partial charge on any atom is -0.158 e. The van der Waals surface area contributed by atoms with Crippen LogP contribution in [-0.4, -0.2) is 16.9 Å². The standard InChI is InChI=1S/C9H15ClS/c1-7-9(3-2-4-11-7)5-8(9)6-10/h7-8H,2-6H2,1H3. The summed E-state index contributed by atoms with van der Waals surface area (Å²) in [6, 6.07) is 0. The summed E-state index contributed by atoms with van der Waals surface area (Å²) in [5, 5.41) is 0.875. The summed E-state index contributed by atoms with van der Waals surface area (Å²) in [7, 11) is 0. The molecule has 3 unspecified atom stereocenters. The summed E-state index contributed by atoms with van der Waals surface area (Å²) in [6.07, 6.45) is 4.27. The molecule has 1 aliphatic carbocycles. The summed E-state index contributed by atoms with van der Waals surface area (Å²) in [6.45, 7) is 2.39. The molecule has 0 amide bonds. The van der Waals surface area contributed by atoms with E-state index in [4.69, 9.17) is 11.6 Å². The van der Waals surface area contributed by atoms with Crippen LogP contribution in [-0.2, 0) is 0 Å². The molecule has 0 aromatic carbocycles. The van der Waals surface area contributed by atoms with E-state index in [1.807, 2.05) is 0 Å². The molecule has 0 bridgehead atoms. The van der Waals surface area contributed by atoms with E-state index in [-0.39, 0.29) is 0 Å². The lowest BCUT2D eigenvalue weighted by atomic mass is 9.94. The maximum Gasteiger partial charge on any atom is 0.0257 e. The van der Waals surface area contributed by atoms with E-state index in [0.29, 0.717) is 5.41 Å². The Balaban J connectivity index is 2.01. The van der Waals surface area contributed by atoms with Gasteiger partial charge in [-0.15, -0.1) is 11.6 Å². The topological polar surface area (TPSA) is 0 Å². The van der Waals surface area contributed by atoms with Gasteiger partial charge in [0.2, 0.25) is 0 Å². The Bertz CT molecular complexity index is 160. The summed E-state index contributed by atoms with van der Waals surface area (Å²) in [5.74, 6) is 3.12. The minimum absolute atomic E-state index is 0.685. The van der Waals surface area contributed by atoms with Gasteiger partial charge in [0, 0.05) is 11.1 Å². The third-order valence-electron chi connectivity index (χ3n) is 3.43. The molecule has 0 aromatic rings. The first-order valence-corrected chi connectivity index (χ1v) is 6.05. The summed E-state index contributed by atoms with van der Waals surface area (Å²) < 4.78 is 0. The first kappa shape index (κ1) is 8.25. The second-order valence-electron chi connectivity index (χ2n) is 3.91. The molecule has 0 radical (unpaired) electrons. The van der Waals surface area contributed by atoms with Gasteiger partial charge in [0.25, 0.3) is 0 Å². The molecule has 3 atom stereocenters. The van der Waals surface area contributed by atoms with Crippen molar-refractivity contribution in [2.24, 2.45) is 11.3 Å². The smallest absolute Gasteiger partial charge is 0.0257 e. The predicted molar refractivity (Wildman–Crippen MR) is 52.4 cm³/mol. The molecular weight excluding hydrogens is 176 g/mol. The van der Waals surface area contributed by atoms with Crippen LogP contribution in [0.15, 0.2) is 0 Å². The quantitative estimate of drug-likeness (QED) is 0.573. The van der Waals surface area contributed by atoms with Crippen molar-refractivity contribution < 1.29 is 0 Å². The van der Waals surface area contributed by atoms with Gasteiger partial charge in [0.05, 0.1) is 0 Å². The van der Waals surface area contributed by atoms with Crippen LogP contribution in [0.1, 0.15) is 26.2 Å². The number of alkyl halides is 1. The van der Waals surface area contributed by atoms with Gasteiger partial charge in [-0.2, -0.15) is 11.8 Å². The first-order chi connectivity index (χ1) is 5.29. The molecule has 0 N–H and O–H groups in total. The van der Waals surface area contributed by atoms with E-state index in [2.05, 4.69) is 18.7 Å². The van der Waals surface area contributed by atoms with Gasteiger partial charge in [0.1, 0.15) is 0 Å². The van der Waals surface area contributed by atoms with Crippen LogP contribution < -0.4 is 0 Å². The fourth-order valence-corrected chi connectivity index (χ4v) is 4.26. The number of halogens is 1. The van der Waals surface area contributed by atoms with E-state index in [9.17, 15) is 0 Å². The molecule has 2 heteroatoms. The van der Waals surface area contributed by atoms with Crippen molar-refractivity contribution in [2.75, 3.05) is 11.6 Å². The van der Waals surface area contributed by atoms with Crippen molar-refractivity contribution in [1.29, 1.82) is 0 Å². The highest BCUT2D eigenvalue weighted by Gasteiger charge is 2.57. The molecule has 1 spiro atoms. The fourth-order valence-electron chi connectivity index (χ4n) is 2.44. The second-order valence-corrected chi connectivity index (χ2v) is 5.66. The third-order valence-corrected chi connectivity index (χ3v) is 5.30. The van der Waals surface area contributed by atoms with Gasteiger partial charge in [-0.1, -0.05) is 6.92 Å². The third kappa shape index (κ3) is 1.21. The van der Waals surface area contributed by atoms with Gasteiger partial charge >= 0.3 is 0 Å². The Morgan fingerprint density at radius 3 is 3.00 bits per heavy atom. The predicted octanol–water partition coefficient (Wildman–Crippen LogP) is 3.15. The Hall–Kier alpha value is 0.640. The van der Waals surface area contributed by atoms with E-state index >= 15 is 0 Å². The molecule has 2 aliphatic rings. The molecule has 1 saturated heterocycles. The van der Waals surface area contributed by atoms with Crippen molar-refractivity contribution in [2.45, 2.75) is 31.4 Å². The monoisotopic (exact) mass is 190 g/mol. The fraction of sp³-hybridized carbons (Fsp3) is 1.00. The molecule has 1 heterocycles. The minimum atomic E-state index is 0.685. The summed E-state index contributed by atoms with van der Waals surface area (Å²) >= 11 is 8.03. The van der Waals surface area contributed by atoms with Crippen molar-refractivity contribution in [3.05, 3.63) is 0 Å². The molecule has 2 rings (SSSR count). The zero-order valence-electron chi connectivity index (χ0n) is 6.98. The van der Waals surface area contributed by atoms with Gasteiger partial charge in [-0.3, -0.25) is 0 Å². The van der Waals surface area contributed by atoms with Gasteiger partial charge in [-0.25, -0.2) is 0 Å². The highest BCUT2D eigenvalue weighted by molar-refractivity contribution is 7.99. The van der Waals surface area contributed by atoms with Crippen molar-refractivity contribution in [3.63, 3.8) is 0 Å². The average Bonchev–Trinajstić information content (AvgIpc) is 2.72. The Morgan fingerprint density at radius 1 is 1.64 bits per heavy atom. The molecule has 1 aliphatic heterocycles. The Morgan fingerprint density at radius 2 is 2.45 bits per heavy atom. The normalized spacial score (nSPS) is 49.6. The molecule has 2 fully saturated rings. The lowest BCUT2D eigenvalue weighted by Gasteiger charge is -2.29. The zero-order valence-corrected chi connectivity index (χ0v) is 8.55. The van der Waals surface area contributed by atoms with E-state index < -0.39 is 0 Å². The molecule has 0 nitrogen and oxygen atoms in total. The van der Waals surface area contributed by atoms with Crippen LogP contribution >= 0.6 is 23.4 Å². The van der Waals surface area contributed by atoms with Crippen molar-refractivity contribution in [3.8, 4) is 0 Å². The SMILES string of the molecule is CC1SCCCC12CC2CCl. The van der Waals surface area contributed by atoms with Crippen LogP contribution in [0.5, 0.6) is 0 Å². The maximum atomic E-state index is 5.88. The van der Waals surface area contributed by atoms with E-state index in [1.54, 1.807) is 0 Å². The molecule has 1 saturated carbocycles. The van der Waals surface area contributed by atoms with Crippen LogP contribution in [0.2, 0.25) is 0 Å². The van der Waals surface area contributed by atoms with Crippen molar-refractivity contribution >= 4 is 23.4 Å². The number of hydrogen-bond donors (Lipinski definition) is 0. The highest BCUT2D eigenvalue weighted by atomic mass is 35.5. The highest BCUT2D eigenvalue weighted by Crippen LogP contribution is 2.63. The lowest BCUT2D eigenvalue weighted by Crippen LogP contribution is -2.23. The number of rotatable bonds is 1. The van der Waals surface area contributed by atoms with Crippen LogP contribution in [0.4, 0.5) is 0 Å². The lowest BCUT2D eigenvalue weighted by molar-refractivity contribution is 0.410. The van der Waals surface area contributed by atoms with E-state index in [1.165, 1.54) is 25.0 Å². The van der Waals surface area contributed by atoms with Crippen LogP contribution in [0, 0.1) is 11.3 Å². The molecule has 11 heavy (non-hydrogen) atoms. The van der Waals surface area contributed by atoms with Gasteiger partial charge in [0.15, 0.2) is 0 Å². The largest absolute Gasteiger partial charge is 0.158 e. The number of thioether (sulfide) groups is 1. The maximum absolute atomic E-state index is 5.88. The zero-order chi connectivity index (χ0) is 7.90. The second kappa shape index (κ2) is 2.85. The average molecular weight is 191 g/mol. The molecule has 0 aromatic heterocycles. The first-order valence-electron chi connectivity index (χ1n) is 4.47.